The van der Waals surface area contributed by atoms with Crippen LogP contribution in [0, 0.1) is 0 Å². The highest BCUT2D eigenvalue weighted by molar-refractivity contribution is 5.46. The van der Waals surface area contributed by atoms with Crippen LogP contribution in [0.1, 0.15) is 19.2 Å². The molecule has 0 aliphatic carbocycles. The van der Waals surface area contributed by atoms with Gasteiger partial charge in [0.15, 0.2) is 5.82 Å². The van der Waals surface area contributed by atoms with Crippen molar-refractivity contribution in [3.63, 3.8) is 0 Å². The standard InChI is InChI=1S/C16H24N6O/c1-4-13(23)10-22(12-8-6-5-7-9-12)11-14-18-15(17)20-16(19-14)21(2)3/h5-9,13,23H,4,10-11H2,1-3H3,(H2,17,18,19,20). The van der Waals surface area contributed by atoms with Crippen molar-refractivity contribution in [2.24, 2.45) is 0 Å². The van der Waals surface area contributed by atoms with E-state index in [1.807, 2.05) is 56.3 Å². The Kier molecular flexibility index (Phi) is 5.70. The van der Waals surface area contributed by atoms with Gasteiger partial charge in [-0.15, -0.1) is 0 Å². The highest BCUT2D eigenvalue weighted by Gasteiger charge is 2.15. The van der Waals surface area contributed by atoms with E-state index in [0.29, 0.717) is 31.3 Å². The van der Waals surface area contributed by atoms with Gasteiger partial charge in [-0.25, -0.2) is 0 Å². The van der Waals surface area contributed by atoms with Crippen LogP contribution < -0.4 is 15.5 Å². The van der Waals surface area contributed by atoms with E-state index in [-0.39, 0.29) is 5.95 Å². The lowest BCUT2D eigenvalue weighted by molar-refractivity contribution is 0.175. The Hall–Kier alpha value is -2.41. The molecule has 0 saturated heterocycles. The lowest BCUT2D eigenvalue weighted by Crippen LogP contribution is -2.32. The number of aliphatic hydroxyl groups excluding tert-OH is 1. The zero-order valence-corrected chi connectivity index (χ0v) is 13.8. The Bertz CT molecular complexity index is 619. The van der Waals surface area contributed by atoms with Crippen LogP contribution >= 0.6 is 0 Å². The van der Waals surface area contributed by atoms with E-state index in [1.54, 1.807) is 4.90 Å². The van der Waals surface area contributed by atoms with Crippen molar-refractivity contribution in [1.82, 2.24) is 15.0 Å². The lowest BCUT2D eigenvalue weighted by atomic mass is 10.2. The van der Waals surface area contributed by atoms with E-state index in [9.17, 15) is 5.11 Å². The summed E-state index contributed by atoms with van der Waals surface area (Å²) in [4.78, 5) is 16.6. The zero-order chi connectivity index (χ0) is 16.8. The first-order valence-electron chi connectivity index (χ1n) is 7.65. The maximum absolute atomic E-state index is 10.0. The van der Waals surface area contributed by atoms with Crippen molar-refractivity contribution in [1.29, 1.82) is 0 Å². The molecule has 0 amide bonds. The van der Waals surface area contributed by atoms with Gasteiger partial charge in [0, 0.05) is 26.3 Å². The van der Waals surface area contributed by atoms with E-state index < -0.39 is 6.10 Å². The Morgan fingerprint density at radius 1 is 1.13 bits per heavy atom. The summed E-state index contributed by atoms with van der Waals surface area (Å²) >= 11 is 0. The predicted octanol–water partition coefficient (Wildman–Crippen LogP) is 1.30. The number of aromatic nitrogens is 3. The fraction of sp³-hybridized carbons (Fsp3) is 0.438. The quantitative estimate of drug-likeness (QED) is 0.795. The summed E-state index contributed by atoms with van der Waals surface area (Å²) < 4.78 is 0. The molecular formula is C16H24N6O. The van der Waals surface area contributed by atoms with Crippen LogP contribution in [0.4, 0.5) is 17.6 Å². The number of aliphatic hydroxyl groups is 1. The summed E-state index contributed by atoms with van der Waals surface area (Å²) in [5, 5.41) is 10.0. The van der Waals surface area contributed by atoms with Gasteiger partial charge in [0.25, 0.3) is 0 Å². The number of hydrogen-bond donors (Lipinski definition) is 2. The van der Waals surface area contributed by atoms with E-state index in [2.05, 4.69) is 15.0 Å². The summed E-state index contributed by atoms with van der Waals surface area (Å²) in [5.41, 5.74) is 6.79. The van der Waals surface area contributed by atoms with Gasteiger partial charge in [-0.2, -0.15) is 15.0 Å². The molecule has 0 aliphatic rings. The fourth-order valence-corrected chi connectivity index (χ4v) is 2.15. The molecule has 2 rings (SSSR count). The highest BCUT2D eigenvalue weighted by atomic mass is 16.3. The molecule has 124 valence electrons. The van der Waals surface area contributed by atoms with Crippen LogP contribution in [-0.4, -0.2) is 46.8 Å². The van der Waals surface area contributed by atoms with Gasteiger partial charge >= 0.3 is 0 Å². The second-order valence-electron chi connectivity index (χ2n) is 5.58. The monoisotopic (exact) mass is 316 g/mol. The van der Waals surface area contributed by atoms with Gasteiger partial charge in [0.05, 0.1) is 12.6 Å². The first-order valence-corrected chi connectivity index (χ1v) is 7.65. The smallest absolute Gasteiger partial charge is 0.229 e. The minimum Gasteiger partial charge on any atom is -0.391 e. The van der Waals surface area contributed by atoms with Gasteiger partial charge in [0.1, 0.15) is 0 Å². The molecule has 0 fully saturated rings. The second-order valence-corrected chi connectivity index (χ2v) is 5.58. The summed E-state index contributed by atoms with van der Waals surface area (Å²) in [6.45, 7) is 2.91. The topological polar surface area (TPSA) is 91.4 Å². The average molecular weight is 316 g/mol. The number of nitrogens with zero attached hydrogens (tertiary/aromatic N) is 5. The highest BCUT2D eigenvalue weighted by Crippen LogP contribution is 2.17. The summed E-state index contributed by atoms with van der Waals surface area (Å²) in [5.74, 6) is 1.30. The Balaban J connectivity index is 2.27. The zero-order valence-electron chi connectivity index (χ0n) is 13.8. The second kappa shape index (κ2) is 7.73. The molecule has 2 aromatic rings. The van der Waals surface area contributed by atoms with E-state index in [4.69, 9.17) is 5.73 Å². The maximum Gasteiger partial charge on any atom is 0.229 e. The number of anilines is 3. The number of benzene rings is 1. The van der Waals surface area contributed by atoms with Gasteiger partial charge in [-0.1, -0.05) is 25.1 Å². The first kappa shape index (κ1) is 17.0. The third-order valence-corrected chi connectivity index (χ3v) is 3.44. The third-order valence-electron chi connectivity index (χ3n) is 3.44. The Morgan fingerprint density at radius 2 is 1.83 bits per heavy atom. The van der Waals surface area contributed by atoms with Crippen molar-refractivity contribution in [2.45, 2.75) is 26.0 Å². The molecular weight excluding hydrogens is 292 g/mol. The molecule has 7 nitrogen and oxygen atoms in total. The number of para-hydroxylation sites is 1. The van der Waals surface area contributed by atoms with Crippen molar-refractivity contribution >= 4 is 17.6 Å². The molecule has 1 atom stereocenters. The first-order chi connectivity index (χ1) is 11.0. The lowest BCUT2D eigenvalue weighted by Gasteiger charge is -2.26. The van der Waals surface area contributed by atoms with Crippen LogP contribution in [0.25, 0.3) is 0 Å². The number of hydrogen-bond acceptors (Lipinski definition) is 7. The van der Waals surface area contributed by atoms with E-state index >= 15 is 0 Å². The number of nitrogens with two attached hydrogens (primary N) is 1. The average Bonchev–Trinajstić information content (AvgIpc) is 2.54. The van der Waals surface area contributed by atoms with Crippen LogP contribution in [-0.2, 0) is 6.54 Å². The molecule has 3 N–H and O–H groups in total. The van der Waals surface area contributed by atoms with Gasteiger partial charge in [-0.3, -0.25) is 0 Å². The minimum absolute atomic E-state index is 0.197. The molecule has 0 spiro atoms. The Morgan fingerprint density at radius 3 is 2.43 bits per heavy atom. The van der Waals surface area contributed by atoms with Crippen molar-refractivity contribution in [3.8, 4) is 0 Å². The summed E-state index contributed by atoms with van der Waals surface area (Å²) in [7, 11) is 3.71. The van der Waals surface area contributed by atoms with Crippen molar-refractivity contribution < 1.29 is 5.11 Å². The molecule has 1 heterocycles. The molecule has 0 saturated carbocycles. The van der Waals surface area contributed by atoms with Crippen LogP contribution in [0.15, 0.2) is 30.3 Å². The summed E-state index contributed by atoms with van der Waals surface area (Å²) in [6.07, 6.45) is 0.272. The van der Waals surface area contributed by atoms with Gasteiger partial charge < -0.3 is 20.6 Å². The maximum atomic E-state index is 10.0. The molecule has 1 unspecified atom stereocenters. The molecule has 1 aromatic heterocycles. The predicted molar refractivity (Wildman–Crippen MR) is 92.4 cm³/mol. The van der Waals surface area contributed by atoms with Crippen LogP contribution in [0.5, 0.6) is 0 Å². The van der Waals surface area contributed by atoms with Crippen LogP contribution in [0.2, 0.25) is 0 Å². The molecule has 0 radical (unpaired) electrons. The normalized spacial score (nSPS) is 12.0. The molecule has 1 aromatic carbocycles. The van der Waals surface area contributed by atoms with E-state index in [1.165, 1.54) is 0 Å². The number of nitrogen functional groups attached to an aromatic ring is 1. The van der Waals surface area contributed by atoms with E-state index in [0.717, 1.165) is 5.69 Å². The van der Waals surface area contributed by atoms with Gasteiger partial charge in [0.2, 0.25) is 11.9 Å². The molecule has 0 bridgehead atoms. The van der Waals surface area contributed by atoms with Gasteiger partial charge in [-0.05, 0) is 18.6 Å². The fourth-order valence-electron chi connectivity index (χ4n) is 2.15. The molecule has 23 heavy (non-hydrogen) atoms. The third kappa shape index (κ3) is 4.79. The minimum atomic E-state index is -0.414. The Labute approximate surface area is 136 Å². The van der Waals surface area contributed by atoms with Crippen molar-refractivity contribution in [2.75, 3.05) is 36.2 Å². The molecule has 0 aliphatic heterocycles. The van der Waals surface area contributed by atoms with Crippen LogP contribution in [0.3, 0.4) is 0 Å². The number of rotatable bonds is 7. The van der Waals surface area contributed by atoms with Crippen molar-refractivity contribution in [3.05, 3.63) is 36.2 Å². The molecule has 7 heteroatoms. The largest absolute Gasteiger partial charge is 0.391 e. The summed E-state index contributed by atoms with van der Waals surface area (Å²) in [6, 6.07) is 9.89. The SMILES string of the molecule is CCC(O)CN(Cc1nc(N)nc(N(C)C)n1)c1ccccc1.